The zero-order valence-corrected chi connectivity index (χ0v) is 16.1. The normalized spacial score (nSPS) is 13.2. The second-order valence-electron chi connectivity index (χ2n) is 6.05. The zero-order chi connectivity index (χ0) is 18.9. The minimum absolute atomic E-state index is 0.0503. The molecule has 3 rings (SSSR count). The van der Waals surface area contributed by atoms with Crippen molar-refractivity contribution in [1.29, 1.82) is 0 Å². The van der Waals surface area contributed by atoms with Crippen molar-refractivity contribution in [3.8, 4) is 0 Å². The summed E-state index contributed by atoms with van der Waals surface area (Å²) in [5.41, 5.74) is 2.46. The average Bonchev–Trinajstić information content (AvgIpc) is 2.92. The third-order valence-corrected chi connectivity index (χ3v) is 6.14. The Morgan fingerprint density at radius 1 is 1.23 bits per heavy atom. The molecule has 0 aliphatic carbocycles. The van der Waals surface area contributed by atoms with Crippen molar-refractivity contribution in [2.75, 3.05) is 0 Å². The number of nitrogens with two attached hydrogens (primary N) is 1. The fourth-order valence-corrected chi connectivity index (χ4v) is 4.37. The highest BCUT2D eigenvalue weighted by Crippen LogP contribution is 2.36. The topological polar surface area (TPSA) is 78.0 Å². The number of hydrogen-bond acceptors (Lipinski definition) is 4. The fraction of sp³-hybridized carbons (Fsp3) is 0.278. The van der Waals surface area contributed by atoms with Crippen LogP contribution in [-0.4, -0.2) is 18.0 Å². The van der Waals surface area contributed by atoms with Crippen molar-refractivity contribution in [1.82, 2.24) is 9.55 Å². The van der Waals surface area contributed by atoms with Gasteiger partial charge >= 0.3 is 0 Å². The van der Waals surface area contributed by atoms with Crippen molar-refractivity contribution < 1.29 is 12.8 Å². The molecule has 0 amide bonds. The van der Waals surface area contributed by atoms with Gasteiger partial charge in [0.25, 0.3) is 0 Å². The molecule has 0 radical (unpaired) electrons. The number of nitrogens with zero attached hydrogens (tertiary/aromatic N) is 2. The van der Waals surface area contributed by atoms with Gasteiger partial charge in [-0.1, -0.05) is 30.8 Å². The molecule has 0 bridgehead atoms. The van der Waals surface area contributed by atoms with Gasteiger partial charge in [0, 0.05) is 11.8 Å². The van der Waals surface area contributed by atoms with Gasteiger partial charge in [0.2, 0.25) is 10.0 Å². The number of rotatable bonds is 6. The molecule has 5 nitrogen and oxygen atoms in total. The highest BCUT2D eigenvalue weighted by atomic mass is 32.2. The van der Waals surface area contributed by atoms with E-state index in [9.17, 15) is 12.8 Å². The second-order valence-corrected chi connectivity index (χ2v) is 8.92. The molecular weight excluding hydrogens is 373 g/mol. The second kappa shape index (κ2) is 7.38. The van der Waals surface area contributed by atoms with Gasteiger partial charge in [0.1, 0.15) is 5.82 Å². The molecule has 0 aliphatic heterocycles. The molecule has 0 spiro atoms. The van der Waals surface area contributed by atoms with Crippen molar-refractivity contribution in [3.05, 3.63) is 53.8 Å². The van der Waals surface area contributed by atoms with Crippen molar-refractivity contribution in [2.24, 2.45) is 5.14 Å². The van der Waals surface area contributed by atoms with Crippen LogP contribution < -0.4 is 5.14 Å². The molecule has 8 heteroatoms. The van der Waals surface area contributed by atoms with Gasteiger partial charge in [-0.15, -0.1) is 0 Å². The van der Waals surface area contributed by atoms with E-state index in [1.165, 1.54) is 24.3 Å². The summed E-state index contributed by atoms with van der Waals surface area (Å²) in [5, 5.41) is 6.09. The molecule has 3 aromatic rings. The van der Waals surface area contributed by atoms with Crippen LogP contribution in [0, 0.1) is 5.82 Å². The van der Waals surface area contributed by atoms with Crippen molar-refractivity contribution in [2.45, 2.75) is 42.1 Å². The van der Waals surface area contributed by atoms with Crippen LogP contribution in [0.1, 0.15) is 31.1 Å². The third-order valence-electron chi connectivity index (χ3n) is 4.08. The fourth-order valence-electron chi connectivity index (χ4n) is 2.75. The number of sulfonamides is 1. The molecule has 0 fully saturated rings. The number of primary sulfonamides is 1. The van der Waals surface area contributed by atoms with Gasteiger partial charge in [0.15, 0.2) is 5.16 Å². The zero-order valence-electron chi connectivity index (χ0n) is 14.5. The predicted octanol–water partition coefficient (Wildman–Crippen LogP) is 4.09. The van der Waals surface area contributed by atoms with E-state index in [-0.39, 0.29) is 16.0 Å². The maximum absolute atomic E-state index is 13.1. The summed E-state index contributed by atoms with van der Waals surface area (Å²) in [6, 6.07) is 11.2. The Bertz CT molecular complexity index is 1030. The van der Waals surface area contributed by atoms with E-state index in [4.69, 9.17) is 5.14 Å². The van der Waals surface area contributed by atoms with E-state index in [1.54, 1.807) is 30.0 Å². The van der Waals surface area contributed by atoms with E-state index in [2.05, 4.69) is 16.5 Å². The van der Waals surface area contributed by atoms with Gasteiger partial charge < -0.3 is 4.57 Å². The maximum Gasteiger partial charge on any atom is 0.238 e. The summed E-state index contributed by atoms with van der Waals surface area (Å²) in [5.74, 6) is -0.264. The molecule has 2 aromatic carbocycles. The Morgan fingerprint density at radius 2 is 1.92 bits per heavy atom. The largest absolute Gasteiger partial charge is 0.319 e. The first-order chi connectivity index (χ1) is 12.3. The van der Waals surface area contributed by atoms with Crippen LogP contribution in [0.5, 0.6) is 0 Å². The van der Waals surface area contributed by atoms with Crippen LogP contribution in [0.15, 0.2) is 52.5 Å². The average molecular weight is 394 g/mol. The van der Waals surface area contributed by atoms with E-state index in [1.807, 2.05) is 6.92 Å². The van der Waals surface area contributed by atoms with E-state index in [0.29, 0.717) is 5.52 Å². The molecule has 0 aliphatic rings. The molecule has 1 aromatic heterocycles. The summed E-state index contributed by atoms with van der Waals surface area (Å²) >= 11 is 1.56. The third kappa shape index (κ3) is 3.92. The summed E-state index contributed by atoms with van der Waals surface area (Å²) in [7, 11) is -3.77. The van der Waals surface area contributed by atoms with Crippen LogP contribution in [0.25, 0.3) is 11.0 Å². The molecule has 138 valence electrons. The monoisotopic (exact) mass is 393 g/mol. The summed E-state index contributed by atoms with van der Waals surface area (Å²) in [6.45, 7) is 4.87. The number of thioether (sulfide) groups is 1. The van der Waals surface area contributed by atoms with Gasteiger partial charge in [-0.25, -0.2) is 22.9 Å². The van der Waals surface area contributed by atoms with Gasteiger partial charge in [-0.2, -0.15) is 0 Å². The van der Waals surface area contributed by atoms with Gasteiger partial charge in [-0.3, -0.25) is 0 Å². The van der Waals surface area contributed by atoms with Crippen molar-refractivity contribution in [3.63, 3.8) is 0 Å². The number of benzene rings is 2. The summed E-state index contributed by atoms with van der Waals surface area (Å²) < 4.78 is 38.4. The van der Waals surface area contributed by atoms with Gasteiger partial charge in [-0.05, 0) is 49.2 Å². The number of halogens is 1. The lowest BCUT2D eigenvalue weighted by atomic mass is 10.2. The van der Waals surface area contributed by atoms with Gasteiger partial charge in [0.05, 0.1) is 15.9 Å². The Morgan fingerprint density at radius 3 is 2.54 bits per heavy atom. The van der Waals surface area contributed by atoms with E-state index >= 15 is 0 Å². The first-order valence-electron chi connectivity index (χ1n) is 8.25. The first kappa shape index (κ1) is 18.9. The standard InChI is InChI=1S/C18H20FN3O2S2/c1-3-10-22-17-9-8-15(26(20,23)24)11-16(17)21-18(22)25-12(2)13-4-6-14(19)7-5-13/h4-9,11-12H,3,10H2,1-2H3,(H2,20,23,24). The molecule has 26 heavy (non-hydrogen) atoms. The molecule has 2 N–H and O–H groups in total. The van der Waals surface area contributed by atoms with E-state index < -0.39 is 10.0 Å². The van der Waals surface area contributed by atoms with Crippen molar-refractivity contribution >= 4 is 32.8 Å². The lowest BCUT2D eigenvalue weighted by Crippen LogP contribution is -2.11. The van der Waals surface area contributed by atoms with Crippen LogP contribution in [0.4, 0.5) is 4.39 Å². The number of imidazole rings is 1. The SMILES string of the molecule is CCCn1c(SC(C)c2ccc(F)cc2)nc2cc(S(N)(=O)=O)ccc21. The van der Waals surface area contributed by atoms with Crippen LogP contribution >= 0.6 is 11.8 Å². The lowest BCUT2D eigenvalue weighted by Gasteiger charge is -2.13. The predicted molar refractivity (Wildman–Crippen MR) is 102 cm³/mol. The maximum atomic E-state index is 13.1. The minimum Gasteiger partial charge on any atom is -0.319 e. The molecule has 1 unspecified atom stereocenters. The Hall–Kier alpha value is -1.90. The highest BCUT2D eigenvalue weighted by molar-refractivity contribution is 7.99. The summed E-state index contributed by atoms with van der Waals surface area (Å²) in [4.78, 5) is 4.67. The molecule has 1 heterocycles. The van der Waals surface area contributed by atoms with Crippen LogP contribution in [-0.2, 0) is 16.6 Å². The number of hydrogen-bond donors (Lipinski definition) is 1. The lowest BCUT2D eigenvalue weighted by molar-refractivity contribution is 0.598. The van der Waals surface area contributed by atoms with E-state index in [0.717, 1.165) is 29.2 Å². The van der Waals surface area contributed by atoms with Crippen LogP contribution in [0.3, 0.4) is 0 Å². The van der Waals surface area contributed by atoms with Crippen LogP contribution in [0.2, 0.25) is 0 Å². The molecule has 1 atom stereocenters. The quantitative estimate of drug-likeness (QED) is 0.640. The Balaban J connectivity index is 2.00. The molecule has 0 saturated heterocycles. The molecular formula is C18H20FN3O2S2. The molecule has 0 saturated carbocycles. The first-order valence-corrected chi connectivity index (χ1v) is 10.7. The Kier molecular flexibility index (Phi) is 5.36. The highest BCUT2D eigenvalue weighted by Gasteiger charge is 2.17. The Labute approximate surface area is 156 Å². The smallest absolute Gasteiger partial charge is 0.238 e. The number of fused-ring (bicyclic) bond motifs is 1. The summed E-state index contributed by atoms with van der Waals surface area (Å²) in [6.07, 6.45) is 0.918. The number of aromatic nitrogens is 2. The minimum atomic E-state index is -3.77. The number of aryl methyl sites for hydroxylation is 1.